The fourth-order valence-corrected chi connectivity index (χ4v) is 2.51. The molecule has 2 amide bonds. The Morgan fingerprint density at radius 1 is 1.45 bits per heavy atom. The molecule has 0 spiro atoms. The van der Waals surface area contributed by atoms with Crippen molar-refractivity contribution >= 4 is 11.8 Å². The first-order chi connectivity index (χ1) is 9.54. The zero-order valence-electron chi connectivity index (χ0n) is 12.0. The van der Waals surface area contributed by atoms with Crippen molar-refractivity contribution in [1.82, 2.24) is 20.4 Å². The quantitative estimate of drug-likeness (QED) is 0.842. The molecule has 0 saturated carbocycles. The van der Waals surface area contributed by atoms with Gasteiger partial charge in [0.05, 0.1) is 0 Å². The number of hydrogen-bond acceptors (Lipinski definition) is 5. The average molecular weight is 280 g/mol. The summed E-state index contributed by atoms with van der Waals surface area (Å²) in [5.74, 6) is 0.482. The summed E-state index contributed by atoms with van der Waals surface area (Å²) in [7, 11) is 0. The van der Waals surface area contributed by atoms with E-state index in [4.69, 9.17) is 0 Å². The highest BCUT2D eigenvalue weighted by molar-refractivity contribution is 5.97. The maximum Gasteiger partial charge on any atom is 0.245 e. The van der Waals surface area contributed by atoms with Crippen LogP contribution in [-0.4, -0.2) is 45.5 Å². The first kappa shape index (κ1) is 14.5. The Kier molecular flexibility index (Phi) is 4.36. The van der Waals surface area contributed by atoms with Crippen molar-refractivity contribution in [1.29, 1.82) is 0 Å². The molecule has 1 saturated heterocycles. The summed E-state index contributed by atoms with van der Waals surface area (Å²) in [5, 5.41) is 6.52. The smallest absolute Gasteiger partial charge is 0.245 e. The van der Waals surface area contributed by atoms with Crippen LogP contribution in [0.5, 0.6) is 0 Å². The zero-order chi connectivity index (χ0) is 14.7. The minimum absolute atomic E-state index is 0.0331. The van der Waals surface area contributed by atoms with E-state index in [0.717, 1.165) is 0 Å². The van der Waals surface area contributed by atoms with Gasteiger partial charge in [0.1, 0.15) is 12.1 Å². The van der Waals surface area contributed by atoms with E-state index in [2.05, 4.69) is 20.0 Å². The third-order valence-corrected chi connectivity index (χ3v) is 3.53. The van der Waals surface area contributed by atoms with Crippen molar-refractivity contribution in [2.24, 2.45) is 5.92 Å². The maximum atomic E-state index is 12.4. The fraction of sp³-hybridized carbons (Fsp3) is 0.692. The van der Waals surface area contributed by atoms with Crippen molar-refractivity contribution in [2.75, 3.05) is 6.54 Å². The van der Waals surface area contributed by atoms with Gasteiger partial charge >= 0.3 is 0 Å². The van der Waals surface area contributed by atoms with Crippen molar-refractivity contribution in [3.8, 4) is 0 Å². The van der Waals surface area contributed by atoms with Crippen LogP contribution in [0.4, 0.5) is 0 Å². The first-order valence-electron chi connectivity index (χ1n) is 6.90. The standard InChI is InChI=1S/C13H20N4O3/c1-4-9-13(19)17(6-5-10-14-7-20-16-10)11(8(2)3)12(18)15-9/h7-9,11H,4-6H2,1-3H3,(H,15,18). The second-order valence-electron chi connectivity index (χ2n) is 5.29. The van der Waals surface area contributed by atoms with Gasteiger partial charge in [-0.3, -0.25) is 9.59 Å². The summed E-state index contributed by atoms with van der Waals surface area (Å²) in [6.45, 7) is 6.18. The second-order valence-corrected chi connectivity index (χ2v) is 5.29. The van der Waals surface area contributed by atoms with E-state index in [9.17, 15) is 9.59 Å². The van der Waals surface area contributed by atoms with Crippen LogP contribution in [0, 0.1) is 5.92 Å². The van der Waals surface area contributed by atoms with Gasteiger partial charge in [0.25, 0.3) is 0 Å². The Labute approximate surface area is 117 Å². The molecule has 1 fully saturated rings. The molecule has 0 aliphatic carbocycles. The SMILES string of the molecule is CCC1NC(=O)C(C(C)C)N(CCc2ncon2)C1=O. The van der Waals surface area contributed by atoms with Gasteiger partial charge in [0, 0.05) is 13.0 Å². The second kappa shape index (κ2) is 6.02. The van der Waals surface area contributed by atoms with Gasteiger partial charge in [0.2, 0.25) is 18.2 Å². The van der Waals surface area contributed by atoms with Gasteiger partial charge in [0.15, 0.2) is 5.82 Å². The van der Waals surface area contributed by atoms with Crippen molar-refractivity contribution in [2.45, 2.75) is 45.7 Å². The topological polar surface area (TPSA) is 88.3 Å². The molecule has 2 atom stereocenters. The zero-order valence-corrected chi connectivity index (χ0v) is 12.0. The van der Waals surface area contributed by atoms with E-state index in [1.807, 2.05) is 20.8 Å². The molecule has 20 heavy (non-hydrogen) atoms. The molecule has 7 nitrogen and oxygen atoms in total. The van der Waals surface area contributed by atoms with Crippen LogP contribution < -0.4 is 5.32 Å². The molecule has 0 bridgehead atoms. The molecule has 2 heterocycles. The Morgan fingerprint density at radius 3 is 2.75 bits per heavy atom. The van der Waals surface area contributed by atoms with Gasteiger partial charge in [-0.25, -0.2) is 0 Å². The highest BCUT2D eigenvalue weighted by atomic mass is 16.5. The molecule has 110 valence electrons. The summed E-state index contributed by atoms with van der Waals surface area (Å²) >= 11 is 0. The van der Waals surface area contributed by atoms with E-state index >= 15 is 0 Å². The molecule has 7 heteroatoms. The molecular weight excluding hydrogens is 260 g/mol. The van der Waals surface area contributed by atoms with Crippen LogP contribution in [0.25, 0.3) is 0 Å². The van der Waals surface area contributed by atoms with Gasteiger partial charge in [-0.2, -0.15) is 4.98 Å². The van der Waals surface area contributed by atoms with Crippen molar-refractivity contribution < 1.29 is 14.1 Å². The van der Waals surface area contributed by atoms with Crippen LogP contribution in [0.2, 0.25) is 0 Å². The number of hydrogen-bond donors (Lipinski definition) is 1. The lowest BCUT2D eigenvalue weighted by Crippen LogP contribution is -2.64. The minimum atomic E-state index is -0.433. The average Bonchev–Trinajstić information content (AvgIpc) is 2.91. The number of carbonyl (C=O) groups is 2. The normalized spacial score (nSPS) is 23.3. The number of amides is 2. The maximum absolute atomic E-state index is 12.4. The highest BCUT2D eigenvalue weighted by Gasteiger charge is 2.40. The third-order valence-electron chi connectivity index (χ3n) is 3.53. The highest BCUT2D eigenvalue weighted by Crippen LogP contribution is 2.19. The summed E-state index contributed by atoms with van der Waals surface area (Å²) in [5.41, 5.74) is 0. The third kappa shape index (κ3) is 2.81. The number of rotatable bonds is 5. The molecule has 1 aromatic rings. The number of nitrogens with zero attached hydrogens (tertiary/aromatic N) is 3. The van der Waals surface area contributed by atoms with E-state index in [1.54, 1.807) is 4.90 Å². The van der Waals surface area contributed by atoms with Crippen LogP contribution in [-0.2, 0) is 16.0 Å². The van der Waals surface area contributed by atoms with E-state index in [0.29, 0.717) is 25.2 Å². The van der Waals surface area contributed by atoms with Crippen molar-refractivity contribution in [3.63, 3.8) is 0 Å². The van der Waals surface area contributed by atoms with Gasteiger partial charge in [-0.15, -0.1) is 0 Å². The van der Waals surface area contributed by atoms with Gasteiger partial charge in [-0.05, 0) is 12.3 Å². The molecule has 2 rings (SSSR count). The predicted octanol–water partition coefficient (Wildman–Crippen LogP) is 0.374. The lowest BCUT2D eigenvalue weighted by molar-refractivity contribution is -0.151. The number of aromatic nitrogens is 2. The van der Waals surface area contributed by atoms with Crippen molar-refractivity contribution in [3.05, 3.63) is 12.2 Å². The van der Waals surface area contributed by atoms with Crippen LogP contribution in [0.1, 0.15) is 33.0 Å². The summed E-state index contributed by atoms with van der Waals surface area (Å²) in [4.78, 5) is 30.2. The van der Waals surface area contributed by atoms with Crippen LogP contribution in [0.3, 0.4) is 0 Å². The molecule has 1 N–H and O–H groups in total. The lowest BCUT2D eigenvalue weighted by Gasteiger charge is -2.40. The Bertz CT molecular complexity index is 472. The molecule has 0 aromatic carbocycles. The van der Waals surface area contributed by atoms with E-state index < -0.39 is 12.1 Å². The van der Waals surface area contributed by atoms with E-state index in [1.165, 1.54) is 6.39 Å². The monoisotopic (exact) mass is 280 g/mol. The Hall–Kier alpha value is -1.92. The predicted molar refractivity (Wildman–Crippen MR) is 70.6 cm³/mol. The molecule has 1 aliphatic rings. The number of nitrogens with one attached hydrogen (secondary N) is 1. The summed E-state index contributed by atoms with van der Waals surface area (Å²) < 4.78 is 4.68. The van der Waals surface area contributed by atoms with Gasteiger partial charge in [-0.1, -0.05) is 25.9 Å². The summed E-state index contributed by atoms with van der Waals surface area (Å²) in [6, 6.07) is -0.861. The largest absolute Gasteiger partial charge is 0.343 e. The summed E-state index contributed by atoms with van der Waals surface area (Å²) in [6.07, 6.45) is 2.33. The number of piperazine rings is 1. The molecule has 2 unspecified atom stereocenters. The van der Waals surface area contributed by atoms with Crippen LogP contribution in [0.15, 0.2) is 10.9 Å². The Balaban J connectivity index is 2.13. The molecule has 1 aromatic heterocycles. The lowest BCUT2D eigenvalue weighted by atomic mass is 9.96. The van der Waals surface area contributed by atoms with Gasteiger partial charge < -0.3 is 14.7 Å². The first-order valence-corrected chi connectivity index (χ1v) is 6.90. The van der Waals surface area contributed by atoms with Crippen LogP contribution >= 0.6 is 0 Å². The number of carbonyl (C=O) groups excluding carboxylic acids is 2. The van der Waals surface area contributed by atoms with E-state index in [-0.39, 0.29) is 17.7 Å². The molecule has 0 radical (unpaired) electrons. The fourth-order valence-electron chi connectivity index (χ4n) is 2.51. The molecule has 1 aliphatic heterocycles. The molecular formula is C13H20N4O3. The minimum Gasteiger partial charge on any atom is -0.343 e. The Morgan fingerprint density at radius 2 is 2.20 bits per heavy atom.